The molecule has 0 fully saturated rings. The lowest BCUT2D eigenvalue weighted by atomic mass is 10.2. The summed E-state index contributed by atoms with van der Waals surface area (Å²) in [6.45, 7) is 0. The predicted octanol–water partition coefficient (Wildman–Crippen LogP) is 2.53. The van der Waals surface area contributed by atoms with Crippen molar-refractivity contribution in [3.8, 4) is 11.5 Å². The highest BCUT2D eigenvalue weighted by Gasteiger charge is 2.09. The molecule has 2 aromatic rings. The van der Waals surface area contributed by atoms with Gasteiger partial charge in [0.2, 0.25) is 0 Å². The van der Waals surface area contributed by atoms with Crippen LogP contribution in [0.15, 0.2) is 40.8 Å². The van der Waals surface area contributed by atoms with E-state index >= 15 is 0 Å². The molecule has 0 aliphatic rings. The quantitative estimate of drug-likeness (QED) is 0.680. The molecule has 0 aliphatic carbocycles. The first-order valence-electron chi connectivity index (χ1n) is 5.83. The molecular formula is C14H14N2O3S. The first-order chi connectivity index (χ1) is 9.74. The van der Waals surface area contributed by atoms with Gasteiger partial charge >= 0.3 is 0 Å². The van der Waals surface area contributed by atoms with Crippen molar-refractivity contribution in [1.82, 2.24) is 5.43 Å². The SMILES string of the molecule is COc1ccc(C(=O)N/N=C\c2cccs2)cc1OC. The van der Waals surface area contributed by atoms with Crippen LogP contribution in [-0.2, 0) is 0 Å². The van der Waals surface area contributed by atoms with E-state index in [1.165, 1.54) is 7.11 Å². The Hall–Kier alpha value is -2.34. The van der Waals surface area contributed by atoms with Gasteiger partial charge in [0.1, 0.15) is 0 Å². The molecule has 0 unspecified atom stereocenters. The van der Waals surface area contributed by atoms with E-state index in [1.807, 2.05) is 17.5 Å². The van der Waals surface area contributed by atoms with Crippen LogP contribution >= 0.6 is 11.3 Å². The Kier molecular flexibility index (Phi) is 4.73. The molecular weight excluding hydrogens is 276 g/mol. The number of hydrazone groups is 1. The Balaban J connectivity index is 2.05. The number of hydrogen-bond acceptors (Lipinski definition) is 5. The average molecular weight is 290 g/mol. The van der Waals surface area contributed by atoms with Crippen molar-refractivity contribution < 1.29 is 14.3 Å². The maximum atomic E-state index is 11.9. The second-order valence-corrected chi connectivity index (χ2v) is 4.76. The lowest BCUT2D eigenvalue weighted by Gasteiger charge is -2.08. The topological polar surface area (TPSA) is 59.9 Å². The highest BCUT2D eigenvalue weighted by atomic mass is 32.1. The smallest absolute Gasteiger partial charge is 0.271 e. The van der Waals surface area contributed by atoms with Gasteiger partial charge in [-0.1, -0.05) is 6.07 Å². The fraction of sp³-hybridized carbons (Fsp3) is 0.143. The Morgan fingerprint density at radius 3 is 2.70 bits per heavy atom. The summed E-state index contributed by atoms with van der Waals surface area (Å²) in [7, 11) is 3.07. The lowest BCUT2D eigenvalue weighted by Crippen LogP contribution is -2.17. The molecule has 0 radical (unpaired) electrons. The van der Waals surface area contributed by atoms with Crippen LogP contribution in [0.4, 0.5) is 0 Å². The zero-order valence-corrected chi connectivity index (χ0v) is 11.9. The molecule has 0 atom stereocenters. The number of thiophene rings is 1. The molecule has 1 aromatic carbocycles. The molecule has 1 aromatic heterocycles. The van der Waals surface area contributed by atoms with Crippen molar-refractivity contribution in [2.45, 2.75) is 0 Å². The molecule has 20 heavy (non-hydrogen) atoms. The largest absolute Gasteiger partial charge is 0.493 e. The van der Waals surface area contributed by atoms with Gasteiger partial charge in [0, 0.05) is 10.4 Å². The maximum Gasteiger partial charge on any atom is 0.271 e. The number of amides is 1. The first-order valence-corrected chi connectivity index (χ1v) is 6.71. The van der Waals surface area contributed by atoms with Crippen molar-refractivity contribution in [2.75, 3.05) is 14.2 Å². The summed E-state index contributed by atoms with van der Waals surface area (Å²) in [6, 6.07) is 8.77. The van der Waals surface area contributed by atoms with E-state index in [1.54, 1.807) is 42.9 Å². The molecule has 1 amide bonds. The molecule has 5 nitrogen and oxygen atoms in total. The van der Waals surface area contributed by atoms with Crippen LogP contribution in [0.2, 0.25) is 0 Å². The van der Waals surface area contributed by atoms with Gasteiger partial charge in [-0.3, -0.25) is 4.79 Å². The monoisotopic (exact) mass is 290 g/mol. The second kappa shape index (κ2) is 6.72. The third-order valence-electron chi connectivity index (χ3n) is 2.55. The zero-order chi connectivity index (χ0) is 14.4. The predicted molar refractivity (Wildman–Crippen MR) is 78.9 cm³/mol. The standard InChI is InChI=1S/C14H14N2O3S/c1-18-12-6-5-10(8-13(12)19-2)14(17)16-15-9-11-4-3-7-20-11/h3-9H,1-2H3,(H,16,17)/b15-9-. The molecule has 0 bridgehead atoms. The van der Waals surface area contributed by atoms with Gasteiger partial charge < -0.3 is 9.47 Å². The number of rotatable bonds is 5. The first kappa shape index (κ1) is 14.1. The van der Waals surface area contributed by atoms with E-state index in [9.17, 15) is 4.79 Å². The molecule has 0 aliphatic heterocycles. The van der Waals surface area contributed by atoms with Crippen molar-refractivity contribution in [1.29, 1.82) is 0 Å². The highest BCUT2D eigenvalue weighted by molar-refractivity contribution is 7.11. The van der Waals surface area contributed by atoms with E-state index in [-0.39, 0.29) is 5.91 Å². The van der Waals surface area contributed by atoms with Crippen LogP contribution in [-0.4, -0.2) is 26.3 Å². The molecule has 0 spiro atoms. The van der Waals surface area contributed by atoms with Crippen molar-refractivity contribution in [2.24, 2.45) is 5.10 Å². The van der Waals surface area contributed by atoms with Gasteiger partial charge in [0.25, 0.3) is 5.91 Å². The summed E-state index contributed by atoms with van der Waals surface area (Å²) in [6.07, 6.45) is 1.60. The molecule has 104 valence electrons. The van der Waals surface area contributed by atoms with Gasteiger partial charge in [-0.05, 0) is 29.6 Å². The van der Waals surface area contributed by atoms with Crippen molar-refractivity contribution in [3.05, 3.63) is 46.2 Å². The van der Waals surface area contributed by atoms with Gasteiger partial charge in [0.15, 0.2) is 11.5 Å². The number of ether oxygens (including phenoxy) is 2. The zero-order valence-electron chi connectivity index (χ0n) is 11.1. The van der Waals surface area contributed by atoms with Crippen LogP contribution in [0.5, 0.6) is 11.5 Å². The van der Waals surface area contributed by atoms with Crippen LogP contribution in [0, 0.1) is 0 Å². The van der Waals surface area contributed by atoms with Crippen LogP contribution < -0.4 is 14.9 Å². The highest BCUT2D eigenvalue weighted by Crippen LogP contribution is 2.27. The lowest BCUT2D eigenvalue weighted by molar-refractivity contribution is 0.0954. The molecule has 1 heterocycles. The van der Waals surface area contributed by atoms with Crippen LogP contribution in [0.3, 0.4) is 0 Å². The Morgan fingerprint density at radius 2 is 2.05 bits per heavy atom. The number of nitrogens with one attached hydrogen (secondary N) is 1. The number of methoxy groups -OCH3 is 2. The molecule has 0 saturated heterocycles. The number of hydrogen-bond donors (Lipinski definition) is 1. The van der Waals surface area contributed by atoms with Crippen molar-refractivity contribution >= 4 is 23.5 Å². The third-order valence-corrected chi connectivity index (χ3v) is 3.35. The van der Waals surface area contributed by atoms with Crippen LogP contribution in [0.1, 0.15) is 15.2 Å². The fourth-order valence-electron chi connectivity index (χ4n) is 1.56. The van der Waals surface area contributed by atoms with Gasteiger partial charge in [-0.15, -0.1) is 11.3 Å². The second-order valence-electron chi connectivity index (χ2n) is 3.78. The van der Waals surface area contributed by atoms with E-state index in [4.69, 9.17) is 9.47 Å². The summed E-state index contributed by atoms with van der Waals surface area (Å²) in [4.78, 5) is 12.9. The number of nitrogens with zero attached hydrogens (tertiary/aromatic N) is 1. The minimum atomic E-state index is -0.307. The normalized spacial score (nSPS) is 10.5. The van der Waals surface area contributed by atoms with E-state index in [0.29, 0.717) is 17.1 Å². The summed E-state index contributed by atoms with van der Waals surface area (Å²) < 4.78 is 10.3. The summed E-state index contributed by atoms with van der Waals surface area (Å²) in [5.41, 5.74) is 2.92. The maximum absolute atomic E-state index is 11.9. The molecule has 6 heteroatoms. The summed E-state index contributed by atoms with van der Waals surface area (Å²) >= 11 is 1.54. The van der Waals surface area contributed by atoms with Gasteiger partial charge in [-0.2, -0.15) is 5.10 Å². The van der Waals surface area contributed by atoms with E-state index in [0.717, 1.165) is 4.88 Å². The van der Waals surface area contributed by atoms with Gasteiger partial charge in [-0.25, -0.2) is 5.43 Å². The Bertz CT molecular complexity index is 609. The Morgan fingerprint density at radius 1 is 1.25 bits per heavy atom. The Labute approximate surface area is 120 Å². The van der Waals surface area contributed by atoms with Gasteiger partial charge in [0.05, 0.1) is 20.4 Å². The fourth-order valence-corrected chi connectivity index (χ4v) is 2.15. The van der Waals surface area contributed by atoms with Crippen molar-refractivity contribution in [3.63, 3.8) is 0 Å². The molecule has 1 N–H and O–H groups in total. The average Bonchev–Trinajstić information content (AvgIpc) is 2.99. The summed E-state index contributed by atoms with van der Waals surface area (Å²) in [5, 5.41) is 5.84. The number of carbonyl (C=O) groups excluding carboxylic acids is 1. The number of carbonyl (C=O) groups is 1. The number of benzene rings is 1. The minimum absolute atomic E-state index is 0.307. The molecule has 2 rings (SSSR count). The third kappa shape index (κ3) is 3.36. The molecule has 0 saturated carbocycles. The van der Waals surface area contributed by atoms with Crippen LogP contribution in [0.25, 0.3) is 0 Å². The van der Waals surface area contributed by atoms with E-state index < -0.39 is 0 Å². The summed E-state index contributed by atoms with van der Waals surface area (Å²) in [5.74, 6) is 0.771. The minimum Gasteiger partial charge on any atom is -0.493 e. The van der Waals surface area contributed by atoms with E-state index in [2.05, 4.69) is 10.5 Å².